The van der Waals surface area contributed by atoms with Crippen LogP contribution in [0.5, 0.6) is 0 Å². The smallest absolute Gasteiger partial charge is 0.246 e. The van der Waals surface area contributed by atoms with E-state index in [1.807, 2.05) is 0 Å². The van der Waals surface area contributed by atoms with E-state index in [1.165, 1.54) is 6.07 Å². The van der Waals surface area contributed by atoms with Crippen molar-refractivity contribution in [1.29, 1.82) is 0 Å². The molecule has 0 aliphatic carbocycles. The molecule has 8 heteroatoms. The molecule has 0 spiro atoms. The largest absolute Gasteiger partial charge is 0.359 e. The highest BCUT2D eigenvalue weighted by Gasteiger charge is 2.28. The third-order valence-corrected chi connectivity index (χ3v) is 5.05. The lowest BCUT2D eigenvalue weighted by molar-refractivity contribution is 0.366. The minimum atomic E-state index is -3.69. The molecule has 0 fully saturated rings. The summed E-state index contributed by atoms with van der Waals surface area (Å²) in [7, 11) is -3.69. The Bertz CT molecular complexity index is 845. The minimum Gasteiger partial charge on any atom is -0.359 e. The van der Waals surface area contributed by atoms with Gasteiger partial charge >= 0.3 is 0 Å². The topological polar surface area (TPSA) is 102 Å². The van der Waals surface area contributed by atoms with Gasteiger partial charge in [0.25, 0.3) is 0 Å². The number of nitrogens with zero attached hydrogens (tertiary/aromatic N) is 3. The minimum absolute atomic E-state index is 0.146. The van der Waals surface area contributed by atoms with Crippen LogP contribution >= 0.6 is 0 Å². The summed E-state index contributed by atoms with van der Waals surface area (Å²) in [6.07, 6.45) is 1.54. The Kier molecular flexibility index (Phi) is 4.35. The molecule has 2 heterocycles. The van der Waals surface area contributed by atoms with Crippen LogP contribution in [0.3, 0.4) is 0 Å². The zero-order chi connectivity index (χ0) is 17.5. The molecule has 1 unspecified atom stereocenters. The van der Waals surface area contributed by atoms with Crippen molar-refractivity contribution in [2.75, 3.05) is 4.90 Å². The number of benzene rings is 1. The van der Waals surface area contributed by atoms with Crippen LogP contribution in [0.2, 0.25) is 0 Å². The van der Waals surface area contributed by atoms with Gasteiger partial charge in [0.15, 0.2) is 5.82 Å². The first kappa shape index (κ1) is 16.9. The van der Waals surface area contributed by atoms with Crippen molar-refractivity contribution in [3.8, 4) is 0 Å². The van der Waals surface area contributed by atoms with Crippen molar-refractivity contribution in [3.05, 3.63) is 35.5 Å². The fourth-order valence-corrected chi connectivity index (χ4v) is 3.60. The molecule has 1 atom stereocenters. The van der Waals surface area contributed by atoms with E-state index in [2.05, 4.69) is 35.8 Å². The van der Waals surface area contributed by atoms with E-state index in [-0.39, 0.29) is 10.9 Å². The van der Waals surface area contributed by atoms with Gasteiger partial charge in [-0.3, -0.25) is 0 Å². The molecule has 1 aromatic heterocycles. The van der Waals surface area contributed by atoms with E-state index in [0.717, 1.165) is 29.9 Å². The highest BCUT2D eigenvalue weighted by atomic mass is 32.2. The van der Waals surface area contributed by atoms with Gasteiger partial charge in [-0.1, -0.05) is 19.0 Å². The molecule has 24 heavy (non-hydrogen) atoms. The van der Waals surface area contributed by atoms with E-state index in [4.69, 9.17) is 9.66 Å². The first-order chi connectivity index (χ1) is 11.2. The Morgan fingerprint density at radius 1 is 1.42 bits per heavy atom. The second-order valence-corrected chi connectivity index (χ2v) is 8.28. The number of hydrogen-bond donors (Lipinski definition) is 1. The molecule has 1 aliphatic rings. The highest BCUT2D eigenvalue weighted by molar-refractivity contribution is 7.89. The lowest BCUT2D eigenvalue weighted by Gasteiger charge is -2.22. The van der Waals surface area contributed by atoms with Gasteiger partial charge in [-0.2, -0.15) is 4.98 Å². The second-order valence-electron chi connectivity index (χ2n) is 6.72. The zero-order valence-corrected chi connectivity index (χ0v) is 14.9. The third kappa shape index (κ3) is 3.44. The van der Waals surface area contributed by atoms with E-state index < -0.39 is 10.0 Å². The van der Waals surface area contributed by atoms with Crippen LogP contribution in [0.4, 0.5) is 5.69 Å². The van der Waals surface area contributed by atoms with E-state index in [1.54, 1.807) is 12.1 Å². The van der Waals surface area contributed by atoms with Gasteiger partial charge in [-0.05, 0) is 43.0 Å². The summed E-state index contributed by atoms with van der Waals surface area (Å²) in [5.74, 6) is 1.76. The third-order valence-electron chi connectivity index (χ3n) is 4.14. The van der Waals surface area contributed by atoms with Gasteiger partial charge in [0.1, 0.15) is 0 Å². The van der Waals surface area contributed by atoms with Crippen LogP contribution in [0.1, 0.15) is 38.0 Å². The molecule has 0 radical (unpaired) electrons. The number of fused-ring (bicyclic) bond motifs is 1. The average molecular weight is 350 g/mol. The lowest BCUT2D eigenvalue weighted by Crippen LogP contribution is -2.28. The van der Waals surface area contributed by atoms with Gasteiger partial charge in [-0.25, -0.2) is 13.6 Å². The molecule has 1 aliphatic heterocycles. The molecule has 2 N–H and O–H groups in total. The number of hydrogen-bond acceptors (Lipinski definition) is 6. The Labute approximate surface area is 141 Å². The molecule has 0 saturated carbocycles. The van der Waals surface area contributed by atoms with E-state index in [0.29, 0.717) is 18.4 Å². The first-order valence-electron chi connectivity index (χ1n) is 7.98. The summed E-state index contributed by atoms with van der Waals surface area (Å²) in [5, 5.41) is 9.23. The molecule has 0 saturated heterocycles. The molecule has 3 rings (SSSR count). The molecular formula is C16H22N4O3S. The predicted molar refractivity (Wildman–Crippen MR) is 90.0 cm³/mol. The molecule has 7 nitrogen and oxygen atoms in total. The van der Waals surface area contributed by atoms with Gasteiger partial charge in [0, 0.05) is 18.2 Å². The van der Waals surface area contributed by atoms with Crippen LogP contribution in [0.15, 0.2) is 27.6 Å². The molecule has 2 aromatic rings. The van der Waals surface area contributed by atoms with Crippen molar-refractivity contribution in [2.24, 2.45) is 11.1 Å². The maximum Gasteiger partial charge on any atom is 0.246 e. The summed E-state index contributed by atoms with van der Waals surface area (Å²) < 4.78 is 28.4. The molecule has 0 bridgehead atoms. The normalized spacial score (nSPS) is 17.5. The van der Waals surface area contributed by atoms with Crippen molar-refractivity contribution in [1.82, 2.24) is 10.1 Å². The van der Waals surface area contributed by atoms with Gasteiger partial charge in [-0.15, -0.1) is 0 Å². The first-order valence-corrected chi connectivity index (χ1v) is 9.52. The number of aromatic nitrogens is 2. The van der Waals surface area contributed by atoms with Crippen molar-refractivity contribution in [2.45, 2.75) is 51.1 Å². The number of sulfonamides is 1. The number of nitrogens with two attached hydrogens (primary N) is 1. The summed E-state index contributed by atoms with van der Waals surface area (Å²) >= 11 is 0. The quantitative estimate of drug-likeness (QED) is 0.883. The standard InChI is InChI=1S/C16H22N4O3S/c1-10(2)6-15-18-16(23-19-15)9-20-11(3)7-12-8-13(24(17,21)22)4-5-14(12)20/h4-5,8,10-11H,6-7,9H2,1-3H3,(H2,17,21,22). The Balaban J connectivity index is 1.82. The maximum atomic E-state index is 11.5. The Morgan fingerprint density at radius 2 is 2.17 bits per heavy atom. The van der Waals surface area contributed by atoms with Crippen LogP contribution in [-0.2, 0) is 29.4 Å². The zero-order valence-electron chi connectivity index (χ0n) is 14.1. The van der Waals surface area contributed by atoms with Crippen molar-refractivity contribution >= 4 is 15.7 Å². The maximum absolute atomic E-state index is 11.5. The fourth-order valence-electron chi connectivity index (χ4n) is 3.04. The molecule has 0 amide bonds. The van der Waals surface area contributed by atoms with Gasteiger partial charge in [0.05, 0.1) is 11.4 Å². The molecule has 1 aromatic carbocycles. The fraction of sp³-hybridized carbons (Fsp3) is 0.500. The number of primary sulfonamides is 1. The highest BCUT2D eigenvalue weighted by Crippen LogP contribution is 2.34. The van der Waals surface area contributed by atoms with Crippen molar-refractivity contribution < 1.29 is 12.9 Å². The number of anilines is 1. The summed E-state index contributed by atoms with van der Waals surface area (Å²) in [4.78, 5) is 6.74. The lowest BCUT2D eigenvalue weighted by atomic mass is 10.1. The summed E-state index contributed by atoms with van der Waals surface area (Å²) in [6, 6.07) is 5.21. The average Bonchev–Trinajstić information content (AvgIpc) is 3.02. The monoisotopic (exact) mass is 350 g/mol. The Morgan fingerprint density at radius 3 is 2.83 bits per heavy atom. The van der Waals surface area contributed by atoms with Crippen LogP contribution in [0.25, 0.3) is 0 Å². The SMILES string of the molecule is CC(C)Cc1noc(CN2c3ccc(S(N)(=O)=O)cc3CC2C)n1. The van der Waals surface area contributed by atoms with E-state index in [9.17, 15) is 8.42 Å². The van der Waals surface area contributed by atoms with E-state index >= 15 is 0 Å². The molecular weight excluding hydrogens is 328 g/mol. The van der Waals surface area contributed by atoms with Crippen molar-refractivity contribution in [3.63, 3.8) is 0 Å². The molecule has 130 valence electrons. The Hall–Kier alpha value is -1.93. The van der Waals surface area contributed by atoms with Gasteiger partial charge in [0.2, 0.25) is 15.9 Å². The predicted octanol–water partition coefficient (Wildman–Crippen LogP) is 1.87. The number of rotatable bonds is 5. The van der Waals surface area contributed by atoms with Gasteiger partial charge < -0.3 is 9.42 Å². The second kappa shape index (κ2) is 6.18. The van der Waals surface area contributed by atoms with Crippen LogP contribution in [-0.4, -0.2) is 24.6 Å². The van der Waals surface area contributed by atoms with Crippen LogP contribution in [0, 0.1) is 5.92 Å². The van der Waals surface area contributed by atoms with Crippen LogP contribution < -0.4 is 10.0 Å². The summed E-state index contributed by atoms with van der Waals surface area (Å²) in [5.41, 5.74) is 1.95. The summed E-state index contributed by atoms with van der Waals surface area (Å²) in [6.45, 7) is 6.81.